The number of rotatable bonds is 4. The second kappa shape index (κ2) is 4.97. The molecule has 0 aliphatic heterocycles. The van der Waals surface area contributed by atoms with Crippen molar-refractivity contribution in [2.24, 2.45) is 5.92 Å². The zero-order chi connectivity index (χ0) is 11.5. The van der Waals surface area contributed by atoms with Crippen LogP contribution in [0.2, 0.25) is 5.28 Å². The SMILES string of the molecule is CCC(C)CNc1nc(Cl)nc2sccc12. The first kappa shape index (κ1) is 11.6. The summed E-state index contributed by atoms with van der Waals surface area (Å²) in [5.41, 5.74) is 0. The summed E-state index contributed by atoms with van der Waals surface area (Å²) in [5.74, 6) is 1.47. The molecule has 86 valence electrons. The molecular weight excluding hydrogens is 242 g/mol. The third-order valence-corrected chi connectivity index (χ3v) is 3.59. The minimum absolute atomic E-state index is 0.307. The molecule has 0 bridgehead atoms. The maximum atomic E-state index is 5.87. The van der Waals surface area contributed by atoms with Gasteiger partial charge < -0.3 is 5.32 Å². The quantitative estimate of drug-likeness (QED) is 0.845. The topological polar surface area (TPSA) is 37.8 Å². The van der Waals surface area contributed by atoms with Crippen molar-refractivity contribution in [2.75, 3.05) is 11.9 Å². The molecule has 2 aromatic rings. The van der Waals surface area contributed by atoms with Gasteiger partial charge in [-0.1, -0.05) is 20.3 Å². The van der Waals surface area contributed by atoms with Crippen molar-refractivity contribution < 1.29 is 0 Å². The van der Waals surface area contributed by atoms with Gasteiger partial charge in [0.25, 0.3) is 0 Å². The summed E-state index contributed by atoms with van der Waals surface area (Å²) in [6, 6.07) is 2.02. The summed E-state index contributed by atoms with van der Waals surface area (Å²) in [6.45, 7) is 5.30. The monoisotopic (exact) mass is 255 g/mol. The lowest BCUT2D eigenvalue weighted by atomic mass is 10.1. The molecule has 0 amide bonds. The van der Waals surface area contributed by atoms with Crippen LogP contribution in [0.15, 0.2) is 11.4 Å². The molecule has 0 aliphatic rings. The third kappa shape index (κ3) is 2.44. The van der Waals surface area contributed by atoms with Gasteiger partial charge in [0, 0.05) is 6.54 Å². The molecule has 0 saturated heterocycles. The minimum Gasteiger partial charge on any atom is -0.369 e. The Morgan fingerprint density at radius 2 is 2.31 bits per heavy atom. The minimum atomic E-state index is 0.307. The molecular formula is C11H14ClN3S. The Bertz CT molecular complexity index is 483. The van der Waals surface area contributed by atoms with Gasteiger partial charge in [0.2, 0.25) is 5.28 Å². The van der Waals surface area contributed by atoms with Crippen LogP contribution in [0, 0.1) is 5.92 Å². The number of hydrogen-bond donors (Lipinski definition) is 1. The highest BCUT2D eigenvalue weighted by Gasteiger charge is 2.08. The van der Waals surface area contributed by atoms with Gasteiger partial charge in [-0.25, -0.2) is 9.97 Å². The van der Waals surface area contributed by atoms with Crippen molar-refractivity contribution in [3.63, 3.8) is 0 Å². The standard InChI is InChI=1S/C11H14ClN3S/c1-3-7(2)6-13-9-8-4-5-16-10(8)15-11(12)14-9/h4-5,7H,3,6H2,1-2H3,(H,13,14,15). The molecule has 0 spiro atoms. The van der Waals surface area contributed by atoms with E-state index in [2.05, 4.69) is 29.1 Å². The van der Waals surface area contributed by atoms with E-state index in [4.69, 9.17) is 11.6 Å². The number of hydrogen-bond acceptors (Lipinski definition) is 4. The summed E-state index contributed by atoms with van der Waals surface area (Å²) in [4.78, 5) is 9.34. The number of aromatic nitrogens is 2. The predicted octanol–water partition coefficient (Wildman–Crippen LogP) is 3.80. The Hall–Kier alpha value is -0.870. The molecule has 1 N–H and O–H groups in total. The summed E-state index contributed by atoms with van der Waals surface area (Å²) in [6.07, 6.45) is 1.15. The molecule has 0 fully saturated rings. The average Bonchev–Trinajstić information content (AvgIpc) is 2.73. The normalized spacial score (nSPS) is 12.9. The van der Waals surface area contributed by atoms with E-state index in [1.54, 1.807) is 11.3 Å². The highest BCUT2D eigenvalue weighted by atomic mass is 35.5. The fraction of sp³-hybridized carbons (Fsp3) is 0.455. The van der Waals surface area contributed by atoms with E-state index in [0.29, 0.717) is 11.2 Å². The van der Waals surface area contributed by atoms with E-state index < -0.39 is 0 Å². The van der Waals surface area contributed by atoms with Crippen LogP contribution in [0.3, 0.4) is 0 Å². The van der Waals surface area contributed by atoms with Crippen LogP contribution in [0.4, 0.5) is 5.82 Å². The summed E-state index contributed by atoms with van der Waals surface area (Å²) in [7, 11) is 0. The molecule has 0 aromatic carbocycles. The number of anilines is 1. The van der Waals surface area contributed by atoms with Crippen LogP contribution in [0.25, 0.3) is 10.2 Å². The molecule has 0 aliphatic carbocycles. The second-order valence-electron chi connectivity index (χ2n) is 3.87. The van der Waals surface area contributed by atoms with E-state index in [0.717, 1.165) is 29.0 Å². The van der Waals surface area contributed by atoms with Crippen molar-refractivity contribution in [3.8, 4) is 0 Å². The predicted molar refractivity (Wildman–Crippen MR) is 70.4 cm³/mol. The van der Waals surface area contributed by atoms with Gasteiger partial charge in [-0.05, 0) is 29.0 Å². The van der Waals surface area contributed by atoms with Crippen molar-refractivity contribution in [3.05, 3.63) is 16.7 Å². The van der Waals surface area contributed by atoms with Gasteiger partial charge in [0.1, 0.15) is 10.6 Å². The van der Waals surface area contributed by atoms with Gasteiger partial charge in [-0.15, -0.1) is 11.3 Å². The van der Waals surface area contributed by atoms with Gasteiger partial charge >= 0.3 is 0 Å². The third-order valence-electron chi connectivity index (χ3n) is 2.61. The van der Waals surface area contributed by atoms with Crippen LogP contribution in [-0.4, -0.2) is 16.5 Å². The average molecular weight is 256 g/mol. The molecule has 1 unspecified atom stereocenters. The lowest BCUT2D eigenvalue weighted by Crippen LogP contribution is -2.11. The zero-order valence-corrected chi connectivity index (χ0v) is 10.9. The molecule has 3 nitrogen and oxygen atoms in total. The molecule has 1 atom stereocenters. The first-order chi connectivity index (χ1) is 7.70. The number of nitrogens with zero attached hydrogens (tertiary/aromatic N) is 2. The smallest absolute Gasteiger partial charge is 0.225 e. The van der Waals surface area contributed by atoms with Crippen molar-refractivity contribution in [1.29, 1.82) is 0 Å². The van der Waals surface area contributed by atoms with Crippen LogP contribution in [-0.2, 0) is 0 Å². The van der Waals surface area contributed by atoms with Crippen molar-refractivity contribution >= 4 is 39.0 Å². The van der Waals surface area contributed by atoms with E-state index in [1.165, 1.54) is 0 Å². The molecule has 2 heterocycles. The van der Waals surface area contributed by atoms with E-state index >= 15 is 0 Å². The molecule has 0 radical (unpaired) electrons. The van der Waals surface area contributed by atoms with Gasteiger partial charge in [0.05, 0.1) is 5.39 Å². The summed E-state index contributed by atoms with van der Waals surface area (Å²) >= 11 is 7.45. The summed E-state index contributed by atoms with van der Waals surface area (Å²) < 4.78 is 0. The first-order valence-corrected chi connectivity index (χ1v) is 6.61. The lowest BCUT2D eigenvalue weighted by Gasteiger charge is -2.11. The second-order valence-corrected chi connectivity index (χ2v) is 5.11. The maximum Gasteiger partial charge on any atom is 0.225 e. The molecule has 0 saturated carbocycles. The highest BCUT2D eigenvalue weighted by Crippen LogP contribution is 2.26. The molecule has 2 aromatic heterocycles. The molecule has 5 heteroatoms. The lowest BCUT2D eigenvalue weighted by molar-refractivity contribution is 0.593. The van der Waals surface area contributed by atoms with Crippen molar-refractivity contribution in [2.45, 2.75) is 20.3 Å². The van der Waals surface area contributed by atoms with E-state index in [9.17, 15) is 0 Å². The fourth-order valence-corrected chi connectivity index (χ4v) is 2.36. The number of fused-ring (bicyclic) bond motifs is 1. The largest absolute Gasteiger partial charge is 0.369 e. The van der Waals surface area contributed by atoms with Gasteiger partial charge in [0.15, 0.2) is 0 Å². The number of thiophene rings is 1. The first-order valence-electron chi connectivity index (χ1n) is 5.35. The van der Waals surface area contributed by atoms with E-state index in [1.807, 2.05) is 11.4 Å². The van der Waals surface area contributed by atoms with Gasteiger partial charge in [-0.2, -0.15) is 0 Å². The van der Waals surface area contributed by atoms with Crippen molar-refractivity contribution in [1.82, 2.24) is 9.97 Å². The number of halogens is 1. The maximum absolute atomic E-state index is 5.87. The Balaban J connectivity index is 2.25. The van der Waals surface area contributed by atoms with Crippen LogP contribution in [0.5, 0.6) is 0 Å². The van der Waals surface area contributed by atoms with Crippen LogP contribution >= 0.6 is 22.9 Å². The van der Waals surface area contributed by atoms with Crippen LogP contribution in [0.1, 0.15) is 20.3 Å². The molecule has 16 heavy (non-hydrogen) atoms. The Labute approximate surface area is 104 Å². The Morgan fingerprint density at radius 1 is 1.50 bits per heavy atom. The molecule has 2 rings (SSSR count). The summed E-state index contributed by atoms with van der Waals surface area (Å²) in [5, 5.41) is 6.70. The Morgan fingerprint density at radius 3 is 3.06 bits per heavy atom. The van der Waals surface area contributed by atoms with Gasteiger partial charge in [-0.3, -0.25) is 0 Å². The Kier molecular flexibility index (Phi) is 3.61. The zero-order valence-electron chi connectivity index (χ0n) is 9.33. The number of nitrogens with one attached hydrogen (secondary N) is 1. The van der Waals surface area contributed by atoms with Crippen LogP contribution < -0.4 is 5.32 Å². The highest BCUT2D eigenvalue weighted by molar-refractivity contribution is 7.16. The van der Waals surface area contributed by atoms with E-state index in [-0.39, 0.29) is 0 Å². The fourth-order valence-electron chi connectivity index (χ4n) is 1.38.